The van der Waals surface area contributed by atoms with Gasteiger partial charge in [0.25, 0.3) is 0 Å². The summed E-state index contributed by atoms with van der Waals surface area (Å²) in [6.07, 6.45) is 3.32. The summed E-state index contributed by atoms with van der Waals surface area (Å²) < 4.78 is 1.72. The number of carbonyl (C=O) groups excluding carboxylic acids is 2. The minimum absolute atomic E-state index is 0.169. The molecule has 4 rings (SSSR count). The lowest BCUT2D eigenvalue weighted by molar-refractivity contribution is -0.121. The molecule has 150 valence electrons. The van der Waals surface area contributed by atoms with E-state index >= 15 is 0 Å². The zero-order chi connectivity index (χ0) is 20.2. The van der Waals surface area contributed by atoms with Gasteiger partial charge in [0.2, 0.25) is 5.91 Å². The number of piperazine rings is 1. The van der Waals surface area contributed by atoms with Crippen molar-refractivity contribution >= 4 is 34.5 Å². The number of para-hydroxylation sites is 1. The van der Waals surface area contributed by atoms with E-state index in [1.54, 1.807) is 29.3 Å². The monoisotopic (exact) mass is 394 g/mol. The first-order valence-electron chi connectivity index (χ1n) is 9.36. The predicted molar refractivity (Wildman–Crippen MR) is 109 cm³/mol. The molecule has 0 aliphatic carbocycles. The van der Waals surface area contributed by atoms with Crippen LogP contribution in [0.1, 0.15) is 0 Å². The molecule has 1 aliphatic rings. The van der Waals surface area contributed by atoms with Gasteiger partial charge in [-0.05, 0) is 12.1 Å². The van der Waals surface area contributed by atoms with Gasteiger partial charge in [0, 0.05) is 38.9 Å². The van der Waals surface area contributed by atoms with Crippen molar-refractivity contribution in [1.29, 1.82) is 0 Å². The third kappa shape index (κ3) is 4.32. The van der Waals surface area contributed by atoms with E-state index in [0.717, 1.165) is 29.9 Å². The van der Waals surface area contributed by atoms with Crippen LogP contribution in [0.25, 0.3) is 11.0 Å². The maximum absolute atomic E-state index is 12.2. The molecule has 0 unspecified atom stereocenters. The maximum Gasteiger partial charge on any atom is 0.325 e. The fourth-order valence-corrected chi connectivity index (χ4v) is 3.37. The second-order valence-electron chi connectivity index (χ2n) is 6.83. The number of imide groups is 1. The second kappa shape index (κ2) is 8.23. The lowest BCUT2D eigenvalue weighted by Gasteiger charge is -2.35. The first-order valence-corrected chi connectivity index (χ1v) is 9.36. The highest BCUT2D eigenvalue weighted by Gasteiger charge is 2.22. The minimum atomic E-state index is -0.528. The van der Waals surface area contributed by atoms with Gasteiger partial charge >= 0.3 is 6.03 Å². The number of aromatic nitrogens is 4. The van der Waals surface area contributed by atoms with Crippen LogP contribution in [-0.4, -0.2) is 69.3 Å². The lowest BCUT2D eigenvalue weighted by atomic mass is 10.2. The maximum atomic E-state index is 12.2. The Morgan fingerprint density at radius 1 is 1.07 bits per heavy atom. The van der Waals surface area contributed by atoms with E-state index in [1.807, 2.05) is 30.1 Å². The van der Waals surface area contributed by atoms with Crippen molar-refractivity contribution in [3.8, 4) is 0 Å². The Morgan fingerprint density at radius 3 is 2.59 bits per heavy atom. The number of rotatable bonds is 4. The molecule has 1 aliphatic heterocycles. The molecule has 0 radical (unpaired) electrons. The molecule has 0 bridgehead atoms. The van der Waals surface area contributed by atoms with Gasteiger partial charge in [-0.25, -0.2) is 14.8 Å². The molecule has 10 heteroatoms. The molecular weight excluding hydrogens is 372 g/mol. The molecule has 3 amide bonds. The summed E-state index contributed by atoms with van der Waals surface area (Å²) >= 11 is 0. The number of benzene rings is 1. The molecule has 3 heterocycles. The molecule has 2 N–H and O–H groups in total. The van der Waals surface area contributed by atoms with Gasteiger partial charge in [-0.2, -0.15) is 5.10 Å². The van der Waals surface area contributed by atoms with Crippen LogP contribution >= 0.6 is 0 Å². The molecule has 29 heavy (non-hydrogen) atoms. The number of nitrogens with one attached hydrogen (secondary N) is 2. The number of amides is 3. The van der Waals surface area contributed by atoms with E-state index in [-0.39, 0.29) is 12.5 Å². The van der Waals surface area contributed by atoms with Gasteiger partial charge in [0.05, 0.1) is 18.1 Å². The van der Waals surface area contributed by atoms with Crippen LogP contribution in [0.3, 0.4) is 0 Å². The Morgan fingerprint density at radius 2 is 1.83 bits per heavy atom. The van der Waals surface area contributed by atoms with Crippen molar-refractivity contribution in [3.63, 3.8) is 0 Å². The number of anilines is 2. The predicted octanol–water partition coefficient (Wildman–Crippen LogP) is 0.834. The van der Waals surface area contributed by atoms with Crippen molar-refractivity contribution in [2.75, 3.05) is 42.9 Å². The first-order chi connectivity index (χ1) is 14.1. The Balaban J connectivity index is 1.28. The highest BCUT2D eigenvalue weighted by Crippen LogP contribution is 2.23. The molecule has 2 aromatic heterocycles. The minimum Gasteiger partial charge on any atom is -0.353 e. The highest BCUT2D eigenvalue weighted by molar-refractivity contribution is 6.01. The van der Waals surface area contributed by atoms with Crippen LogP contribution in [0, 0.1) is 0 Å². The number of urea groups is 1. The number of carbonyl (C=O) groups is 2. The molecule has 1 fully saturated rings. The van der Waals surface area contributed by atoms with Gasteiger partial charge in [0.1, 0.15) is 12.1 Å². The molecule has 0 atom stereocenters. The Kier molecular flexibility index (Phi) is 5.34. The molecule has 10 nitrogen and oxygen atoms in total. The van der Waals surface area contributed by atoms with Crippen LogP contribution in [-0.2, 0) is 11.8 Å². The van der Waals surface area contributed by atoms with Gasteiger partial charge in [-0.3, -0.25) is 19.7 Å². The molecule has 1 aromatic carbocycles. The summed E-state index contributed by atoms with van der Waals surface area (Å²) in [5.41, 5.74) is 1.43. The fraction of sp³-hybridized carbons (Fsp3) is 0.316. The number of fused-ring (bicyclic) bond motifs is 1. The topological polar surface area (TPSA) is 108 Å². The number of nitrogens with zero attached hydrogens (tertiary/aromatic N) is 6. The van der Waals surface area contributed by atoms with Crippen LogP contribution in [0.15, 0.2) is 42.9 Å². The van der Waals surface area contributed by atoms with Crippen molar-refractivity contribution < 1.29 is 9.59 Å². The summed E-state index contributed by atoms with van der Waals surface area (Å²) in [6, 6.07) is 8.47. The van der Waals surface area contributed by atoms with Gasteiger partial charge in [-0.1, -0.05) is 18.2 Å². The van der Waals surface area contributed by atoms with Crippen molar-refractivity contribution in [3.05, 3.63) is 42.9 Å². The standard InChI is InChI=1S/C19H22N8O2/c1-25-17-15(11-22-25)18(21-13-20-17)27-9-7-26(8-10-27)12-16(28)24-19(29)23-14-5-3-2-4-6-14/h2-6,11,13H,7-10,12H2,1H3,(H2,23,24,28,29). The van der Waals surface area contributed by atoms with Crippen molar-refractivity contribution in [1.82, 2.24) is 30.0 Å². The molecular formula is C19H22N8O2. The van der Waals surface area contributed by atoms with Crippen LogP contribution in [0.5, 0.6) is 0 Å². The van der Waals surface area contributed by atoms with Crippen LogP contribution < -0.4 is 15.5 Å². The third-order valence-corrected chi connectivity index (χ3v) is 4.83. The lowest BCUT2D eigenvalue weighted by Crippen LogP contribution is -2.50. The van der Waals surface area contributed by atoms with Gasteiger partial charge < -0.3 is 10.2 Å². The fourth-order valence-electron chi connectivity index (χ4n) is 3.37. The zero-order valence-corrected chi connectivity index (χ0v) is 16.1. The van der Waals surface area contributed by atoms with Crippen molar-refractivity contribution in [2.45, 2.75) is 0 Å². The van der Waals surface area contributed by atoms with Gasteiger partial charge in [0.15, 0.2) is 5.65 Å². The summed E-state index contributed by atoms with van der Waals surface area (Å²) in [6.45, 7) is 3.01. The summed E-state index contributed by atoms with van der Waals surface area (Å²) in [5, 5.41) is 10.2. The van der Waals surface area contributed by atoms with Crippen molar-refractivity contribution in [2.24, 2.45) is 7.05 Å². The van der Waals surface area contributed by atoms with E-state index in [4.69, 9.17) is 0 Å². The summed E-state index contributed by atoms with van der Waals surface area (Å²) in [7, 11) is 1.85. The van der Waals surface area contributed by atoms with E-state index in [2.05, 4.69) is 30.6 Å². The third-order valence-electron chi connectivity index (χ3n) is 4.83. The number of hydrogen-bond acceptors (Lipinski definition) is 7. The first kappa shape index (κ1) is 18.8. The number of aryl methyl sites for hydroxylation is 1. The summed E-state index contributed by atoms with van der Waals surface area (Å²) in [4.78, 5) is 37.0. The Labute approximate surface area is 167 Å². The van der Waals surface area contributed by atoms with Crippen LogP contribution in [0.2, 0.25) is 0 Å². The van der Waals surface area contributed by atoms with Gasteiger partial charge in [-0.15, -0.1) is 0 Å². The molecule has 1 saturated heterocycles. The average molecular weight is 394 g/mol. The SMILES string of the molecule is Cn1ncc2c(N3CCN(CC(=O)NC(=O)Nc4ccccc4)CC3)ncnc21. The van der Waals surface area contributed by atoms with Crippen LogP contribution in [0.4, 0.5) is 16.3 Å². The Bertz CT molecular complexity index is 1010. The molecule has 3 aromatic rings. The largest absolute Gasteiger partial charge is 0.353 e. The average Bonchev–Trinajstić information content (AvgIpc) is 3.10. The van der Waals surface area contributed by atoms with E-state index in [9.17, 15) is 9.59 Å². The highest BCUT2D eigenvalue weighted by atomic mass is 16.2. The Hall–Kier alpha value is -3.53. The van der Waals surface area contributed by atoms with E-state index in [0.29, 0.717) is 18.8 Å². The summed E-state index contributed by atoms with van der Waals surface area (Å²) in [5.74, 6) is 0.526. The second-order valence-corrected chi connectivity index (χ2v) is 6.83. The zero-order valence-electron chi connectivity index (χ0n) is 16.1. The van der Waals surface area contributed by atoms with E-state index < -0.39 is 6.03 Å². The van der Waals surface area contributed by atoms with E-state index in [1.165, 1.54) is 0 Å². The molecule has 0 saturated carbocycles. The normalized spacial score (nSPS) is 14.7. The quantitative estimate of drug-likeness (QED) is 0.675. The smallest absolute Gasteiger partial charge is 0.325 e. The molecule has 0 spiro atoms. The number of hydrogen-bond donors (Lipinski definition) is 2.